The van der Waals surface area contributed by atoms with Crippen molar-refractivity contribution < 1.29 is 4.79 Å². The first-order chi connectivity index (χ1) is 9.41. The van der Waals surface area contributed by atoms with Gasteiger partial charge in [-0.15, -0.1) is 12.4 Å². The van der Waals surface area contributed by atoms with Crippen LogP contribution in [-0.4, -0.2) is 30.3 Å². The number of hydrogen-bond donors (Lipinski definition) is 0. The van der Waals surface area contributed by atoms with Crippen LogP contribution < -0.4 is 0 Å². The zero-order chi connectivity index (χ0) is 14.0. The summed E-state index contributed by atoms with van der Waals surface area (Å²) >= 11 is 0. The Bertz CT molecular complexity index is 424. The van der Waals surface area contributed by atoms with E-state index in [1.54, 1.807) is 0 Å². The summed E-state index contributed by atoms with van der Waals surface area (Å²) in [6.45, 7) is 7.99. The molecule has 4 aliphatic carbocycles. The van der Waals surface area contributed by atoms with E-state index in [2.05, 4.69) is 18.7 Å². The van der Waals surface area contributed by atoms with Gasteiger partial charge in [-0.25, -0.2) is 0 Å². The van der Waals surface area contributed by atoms with Gasteiger partial charge in [0.1, 0.15) is 0 Å². The summed E-state index contributed by atoms with van der Waals surface area (Å²) in [5.41, 5.74) is 0.995. The highest BCUT2D eigenvalue weighted by Crippen LogP contribution is 2.69. The molecule has 2 nitrogen and oxygen atoms in total. The molecule has 120 valence electrons. The van der Waals surface area contributed by atoms with Gasteiger partial charge in [-0.3, -0.25) is 9.69 Å². The second-order valence-corrected chi connectivity index (χ2v) is 9.32. The number of likely N-dealkylation sites (tertiary alicyclic amines) is 1. The summed E-state index contributed by atoms with van der Waals surface area (Å²) < 4.78 is 0. The number of carbonyl (C=O) groups is 1. The molecule has 1 heterocycles. The van der Waals surface area contributed by atoms with E-state index in [9.17, 15) is 4.79 Å². The summed E-state index contributed by atoms with van der Waals surface area (Å²) in [4.78, 5) is 15.5. The first-order valence-electron chi connectivity index (χ1n) is 8.66. The van der Waals surface area contributed by atoms with Crippen LogP contribution in [0.5, 0.6) is 0 Å². The Hall–Kier alpha value is -0.0800. The summed E-state index contributed by atoms with van der Waals surface area (Å²) in [5.74, 6) is 1.43. The van der Waals surface area contributed by atoms with Crippen LogP contribution in [0.1, 0.15) is 65.2 Å². The fourth-order valence-corrected chi connectivity index (χ4v) is 7.07. The number of halogens is 1. The normalized spacial score (nSPS) is 48.4. The minimum Gasteiger partial charge on any atom is -0.298 e. The van der Waals surface area contributed by atoms with Crippen molar-refractivity contribution in [1.29, 1.82) is 0 Å². The van der Waals surface area contributed by atoms with Crippen LogP contribution in [0.4, 0.5) is 0 Å². The number of carbonyl (C=O) groups excluding carboxylic acids is 1. The fourth-order valence-electron chi connectivity index (χ4n) is 7.07. The van der Waals surface area contributed by atoms with Crippen molar-refractivity contribution in [2.24, 2.45) is 22.2 Å². The molecule has 0 aromatic rings. The molecule has 2 unspecified atom stereocenters. The number of rotatable bonds is 3. The molecule has 0 spiro atoms. The van der Waals surface area contributed by atoms with Gasteiger partial charge in [0.2, 0.25) is 0 Å². The van der Waals surface area contributed by atoms with Gasteiger partial charge in [0, 0.05) is 5.41 Å². The third kappa shape index (κ3) is 2.57. The Labute approximate surface area is 135 Å². The van der Waals surface area contributed by atoms with Gasteiger partial charge >= 0.3 is 0 Å². The summed E-state index contributed by atoms with van der Waals surface area (Å²) in [6, 6.07) is 0. The highest BCUT2D eigenvalue weighted by atomic mass is 35.5. The summed E-state index contributed by atoms with van der Waals surface area (Å²) in [7, 11) is 0. The molecule has 0 aromatic heterocycles. The predicted molar refractivity (Wildman–Crippen MR) is 87.8 cm³/mol. The Morgan fingerprint density at radius 2 is 1.57 bits per heavy atom. The van der Waals surface area contributed by atoms with Crippen molar-refractivity contribution in [3.8, 4) is 0 Å². The largest absolute Gasteiger partial charge is 0.298 e. The highest BCUT2D eigenvalue weighted by Gasteiger charge is 2.62. The second-order valence-electron chi connectivity index (χ2n) is 9.32. The topological polar surface area (TPSA) is 20.3 Å². The number of nitrogens with zero attached hydrogens (tertiary/aromatic N) is 1. The molecule has 0 aromatic carbocycles. The van der Waals surface area contributed by atoms with Crippen LogP contribution in [0.3, 0.4) is 0 Å². The summed E-state index contributed by atoms with van der Waals surface area (Å²) in [5, 5.41) is 0. The van der Waals surface area contributed by atoms with Gasteiger partial charge in [-0.1, -0.05) is 13.8 Å². The van der Waals surface area contributed by atoms with Crippen molar-refractivity contribution in [1.82, 2.24) is 4.90 Å². The van der Waals surface area contributed by atoms with E-state index in [0.29, 0.717) is 16.6 Å². The second kappa shape index (κ2) is 4.96. The predicted octanol–water partition coefficient (Wildman–Crippen LogP) is 4.07. The van der Waals surface area contributed by atoms with Gasteiger partial charge < -0.3 is 0 Å². The van der Waals surface area contributed by atoms with Gasteiger partial charge in [0.25, 0.3) is 0 Å². The van der Waals surface area contributed by atoms with Gasteiger partial charge in [0.05, 0.1) is 6.54 Å². The third-order valence-electron chi connectivity index (χ3n) is 6.78. The van der Waals surface area contributed by atoms with Crippen molar-refractivity contribution >= 4 is 18.2 Å². The lowest BCUT2D eigenvalue weighted by Crippen LogP contribution is -2.58. The molecule has 4 bridgehead atoms. The van der Waals surface area contributed by atoms with E-state index in [1.165, 1.54) is 51.4 Å². The van der Waals surface area contributed by atoms with Crippen molar-refractivity contribution in [2.45, 2.75) is 65.2 Å². The van der Waals surface area contributed by atoms with Crippen molar-refractivity contribution in [3.05, 3.63) is 0 Å². The van der Waals surface area contributed by atoms with E-state index in [-0.39, 0.29) is 17.8 Å². The molecule has 0 amide bonds. The smallest absolute Gasteiger partial charge is 0.153 e. The maximum atomic E-state index is 13.1. The number of hydrogen-bond acceptors (Lipinski definition) is 2. The van der Waals surface area contributed by atoms with Gasteiger partial charge in [-0.2, -0.15) is 0 Å². The average molecular weight is 312 g/mol. The van der Waals surface area contributed by atoms with Crippen LogP contribution in [-0.2, 0) is 4.79 Å². The molecule has 4 saturated carbocycles. The molecular formula is C18H30ClNO. The quantitative estimate of drug-likeness (QED) is 0.783. The van der Waals surface area contributed by atoms with Crippen molar-refractivity contribution in [3.63, 3.8) is 0 Å². The van der Waals surface area contributed by atoms with Gasteiger partial charge in [-0.05, 0) is 81.2 Å². The summed E-state index contributed by atoms with van der Waals surface area (Å²) in [6.07, 6.45) is 10.3. The van der Waals surface area contributed by atoms with Crippen LogP contribution in [0, 0.1) is 22.2 Å². The maximum Gasteiger partial charge on any atom is 0.153 e. The Morgan fingerprint density at radius 3 is 2.10 bits per heavy atom. The molecule has 21 heavy (non-hydrogen) atoms. The molecule has 1 saturated heterocycles. The Balaban J connectivity index is 0.00000132. The standard InChI is InChI=1S/C18H29NO.ClH/c1-16-7-14-8-17(2,11-16)13-18(9-14,12-16)15(20)10-19-5-3-4-6-19;/h14H,3-13H2,1-2H3;1H. The molecular weight excluding hydrogens is 282 g/mol. The molecule has 2 atom stereocenters. The maximum absolute atomic E-state index is 13.1. The lowest BCUT2D eigenvalue weighted by Gasteiger charge is -2.65. The monoisotopic (exact) mass is 311 g/mol. The lowest BCUT2D eigenvalue weighted by atomic mass is 9.39. The zero-order valence-corrected chi connectivity index (χ0v) is 14.4. The van der Waals surface area contributed by atoms with E-state index < -0.39 is 0 Å². The van der Waals surface area contributed by atoms with Crippen LogP contribution >= 0.6 is 12.4 Å². The molecule has 3 heteroatoms. The van der Waals surface area contributed by atoms with Crippen LogP contribution in [0.25, 0.3) is 0 Å². The molecule has 1 aliphatic heterocycles. The Kier molecular flexibility index (Phi) is 3.73. The first-order valence-corrected chi connectivity index (χ1v) is 8.66. The van der Waals surface area contributed by atoms with E-state index in [4.69, 9.17) is 0 Å². The third-order valence-corrected chi connectivity index (χ3v) is 6.78. The zero-order valence-electron chi connectivity index (χ0n) is 13.6. The molecule has 5 fully saturated rings. The van der Waals surface area contributed by atoms with E-state index in [1.807, 2.05) is 0 Å². The SMILES string of the molecule is CC12CC3CC(C)(C1)CC(C(=O)CN1CCCC1)(C3)C2.Cl. The molecule has 0 radical (unpaired) electrons. The molecule has 5 rings (SSSR count). The molecule has 0 N–H and O–H groups in total. The Morgan fingerprint density at radius 1 is 1.00 bits per heavy atom. The average Bonchev–Trinajstić information content (AvgIpc) is 2.76. The van der Waals surface area contributed by atoms with Crippen LogP contribution in [0.15, 0.2) is 0 Å². The first kappa shape index (κ1) is 15.8. The minimum atomic E-state index is 0. The van der Waals surface area contributed by atoms with Crippen molar-refractivity contribution in [2.75, 3.05) is 19.6 Å². The fraction of sp³-hybridized carbons (Fsp3) is 0.944. The minimum absolute atomic E-state index is 0. The number of Topliss-reactive ketones (excluding diaryl/α,β-unsaturated/α-hetero) is 1. The van der Waals surface area contributed by atoms with E-state index >= 15 is 0 Å². The van der Waals surface area contributed by atoms with E-state index in [0.717, 1.165) is 25.6 Å². The highest BCUT2D eigenvalue weighted by molar-refractivity contribution is 5.87. The lowest BCUT2D eigenvalue weighted by molar-refractivity contribution is -0.168. The van der Waals surface area contributed by atoms with Crippen LogP contribution in [0.2, 0.25) is 0 Å². The number of ketones is 1. The molecule has 5 aliphatic rings. The van der Waals surface area contributed by atoms with Gasteiger partial charge in [0.15, 0.2) is 5.78 Å².